The third kappa shape index (κ3) is 3.64. The molecule has 0 unspecified atom stereocenters. The van der Waals surface area contributed by atoms with E-state index in [0.29, 0.717) is 6.07 Å². The van der Waals surface area contributed by atoms with Crippen molar-refractivity contribution in [2.24, 2.45) is 0 Å². The molecule has 0 aliphatic heterocycles. The van der Waals surface area contributed by atoms with Gasteiger partial charge in [0.15, 0.2) is 9.84 Å². The average molecular weight is 329 g/mol. The van der Waals surface area contributed by atoms with Crippen molar-refractivity contribution in [3.05, 3.63) is 59.4 Å². The highest BCUT2D eigenvalue weighted by Crippen LogP contribution is 2.20. The van der Waals surface area contributed by atoms with E-state index in [1.807, 2.05) is 0 Å². The fraction of sp³-hybridized carbons (Fsp3) is 0.0714. The quantitative estimate of drug-likeness (QED) is 0.881. The molecule has 0 spiro atoms. The first-order chi connectivity index (χ1) is 10.2. The monoisotopic (exact) mass is 329 g/mol. The molecule has 1 amide bonds. The maximum Gasteiger partial charge on any atom is 0.255 e. The van der Waals surface area contributed by atoms with E-state index in [9.17, 15) is 26.4 Å². The van der Waals surface area contributed by atoms with Crippen molar-refractivity contribution >= 4 is 21.4 Å². The van der Waals surface area contributed by atoms with Crippen LogP contribution in [0.2, 0.25) is 0 Å². The van der Waals surface area contributed by atoms with Crippen molar-refractivity contribution in [1.29, 1.82) is 0 Å². The van der Waals surface area contributed by atoms with E-state index in [2.05, 4.69) is 5.32 Å². The molecule has 0 radical (unpaired) electrons. The highest BCUT2D eigenvalue weighted by atomic mass is 32.2. The molecule has 0 aliphatic carbocycles. The van der Waals surface area contributed by atoms with Gasteiger partial charge in [0.25, 0.3) is 5.91 Å². The van der Waals surface area contributed by atoms with Gasteiger partial charge >= 0.3 is 0 Å². The fourth-order valence-corrected chi connectivity index (χ4v) is 2.36. The minimum atomic E-state index is -3.59. The first kappa shape index (κ1) is 16.0. The minimum Gasteiger partial charge on any atom is -0.319 e. The lowest BCUT2D eigenvalue weighted by atomic mass is 10.2. The van der Waals surface area contributed by atoms with Gasteiger partial charge in [-0.05, 0) is 30.3 Å². The van der Waals surface area contributed by atoms with E-state index in [0.717, 1.165) is 36.6 Å². The van der Waals surface area contributed by atoms with Crippen molar-refractivity contribution < 1.29 is 26.4 Å². The summed E-state index contributed by atoms with van der Waals surface area (Å²) in [4.78, 5) is 11.7. The summed E-state index contributed by atoms with van der Waals surface area (Å²) in [6, 6.07) is 4.98. The van der Waals surface area contributed by atoms with E-state index in [-0.39, 0.29) is 10.5 Å². The molecule has 2 aromatic carbocycles. The molecule has 2 aromatic rings. The molecule has 4 nitrogen and oxygen atoms in total. The van der Waals surface area contributed by atoms with E-state index < -0.39 is 38.9 Å². The number of benzene rings is 2. The Morgan fingerprint density at radius 3 is 2.14 bits per heavy atom. The molecule has 0 bridgehead atoms. The number of sulfone groups is 1. The second-order valence-electron chi connectivity index (χ2n) is 4.53. The highest BCUT2D eigenvalue weighted by Gasteiger charge is 2.15. The number of carbonyl (C=O) groups excluding carboxylic acids is 1. The Morgan fingerprint density at radius 2 is 1.59 bits per heavy atom. The predicted octanol–water partition coefficient (Wildman–Crippen LogP) is 2.76. The van der Waals surface area contributed by atoms with Crippen molar-refractivity contribution in [3.63, 3.8) is 0 Å². The lowest BCUT2D eigenvalue weighted by molar-refractivity contribution is 0.102. The summed E-state index contributed by atoms with van der Waals surface area (Å²) in [5, 5.41) is 2.08. The first-order valence-corrected chi connectivity index (χ1v) is 7.83. The van der Waals surface area contributed by atoms with Crippen LogP contribution in [-0.2, 0) is 9.84 Å². The molecule has 0 aliphatic rings. The van der Waals surface area contributed by atoms with Crippen LogP contribution in [0.1, 0.15) is 10.4 Å². The van der Waals surface area contributed by atoms with Crippen LogP contribution >= 0.6 is 0 Å². The summed E-state index contributed by atoms with van der Waals surface area (Å²) in [5.74, 6) is -3.77. The number of halogens is 3. The molecule has 8 heteroatoms. The molecule has 0 aromatic heterocycles. The molecule has 0 heterocycles. The molecule has 0 saturated carbocycles. The summed E-state index contributed by atoms with van der Waals surface area (Å²) < 4.78 is 62.6. The Labute approximate surface area is 124 Å². The largest absolute Gasteiger partial charge is 0.319 e. The van der Waals surface area contributed by atoms with Gasteiger partial charge in [-0.25, -0.2) is 21.6 Å². The fourth-order valence-electron chi connectivity index (χ4n) is 1.71. The van der Waals surface area contributed by atoms with Gasteiger partial charge in [-0.15, -0.1) is 0 Å². The van der Waals surface area contributed by atoms with Crippen LogP contribution in [0.15, 0.2) is 41.3 Å². The van der Waals surface area contributed by atoms with Gasteiger partial charge in [0.1, 0.15) is 17.5 Å². The molecule has 22 heavy (non-hydrogen) atoms. The number of nitrogens with one attached hydrogen (secondary N) is 1. The molecule has 2 rings (SSSR count). The molecule has 1 N–H and O–H groups in total. The number of carbonyl (C=O) groups is 1. The van der Waals surface area contributed by atoms with Crippen molar-refractivity contribution in [3.8, 4) is 0 Å². The third-order valence-electron chi connectivity index (χ3n) is 2.74. The topological polar surface area (TPSA) is 63.2 Å². The van der Waals surface area contributed by atoms with Crippen LogP contribution in [0.25, 0.3) is 0 Å². The molecule has 0 fully saturated rings. The summed E-state index contributed by atoms with van der Waals surface area (Å²) in [5.41, 5.74) is -0.765. The maximum absolute atomic E-state index is 13.6. The van der Waals surface area contributed by atoms with Crippen molar-refractivity contribution in [2.45, 2.75) is 4.90 Å². The van der Waals surface area contributed by atoms with Crippen molar-refractivity contribution in [2.75, 3.05) is 11.6 Å². The second kappa shape index (κ2) is 5.80. The van der Waals surface area contributed by atoms with Gasteiger partial charge in [-0.1, -0.05) is 0 Å². The third-order valence-corrected chi connectivity index (χ3v) is 3.85. The zero-order valence-corrected chi connectivity index (χ0v) is 12.0. The Morgan fingerprint density at radius 1 is 1.00 bits per heavy atom. The van der Waals surface area contributed by atoms with Gasteiger partial charge in [-0.3, -0.25) is 4.79 Å². The van der Waals surface area contributed by atoms with Crippen LogP contribution < -0.4 is 5.32 Å². The zero-order chi connectivity index (χ0) is 16.5. The molecule has 0 saturated heterocycles. The normalized spacial score (nSPS) is 11.3. The van der Waals surface area contributed by atoms with E-state index >= 15 is 0 Å². The predicted molar refractivity (Wildman–Crippen MR) is 73.8 cm³/mol. The standard InChI is InChI=1S/C14H10F3NO3S/c1-22(20,21)11-2-3-12(17)13(7-11)18-14(19)8-4-9(15)6-10(16)5-8/h2-7H,1H3,(H,18,19). The van der Waals surface area contributed by atoms with E-state index in [1.54, 1.807) is 0 Å². The second-order valence-corrected chi connectivity index (χ2v) is 6.54. The molecule has 116 valence electrons. The van der Waals surface area contributed by atoms with Gasteiger partial charge in [0, 0.05) is 17.9 Å². The van der Waals surface area contributed by atoms with Crippen LogP contribution in [0, 0.1) is 17.5 Å². The van der Waals surface area contributed by atoms with Gasteiger partial charge in [0.05, 0.1) is 10.6 Å². The van der Waals surface area contributed by atoms with Crippen molar-refractivity contribution in [1.82, 2.24) is 0 Å². The summed E-state index contributed by atoms with van der Waals surface area (Å²) in [6.45, 7) is 0. The Kier molecular flexibility index (Phi) is 4.23. The number of hydrogen-bond acceptors (Lipinski definition) is 3. The summed E-state index contributed by atoms with van der Waals surface area (Å²) >= 11 is 0. The first-order valence-electron chi connectivity index (χ1n) is 5.94. The molecular weight excluding hydrogens is 319 g/mol. The number of anilines is 1. The SMILES string of the molecule is CS(=O)(=O)c1ccc(F)c(NC(=O)c2cc(F)cc(F)c2)c1. The zero-order valence-electron chi connectivity index (χ0n) is 11.2. The van der Waals surface area contributed by atoms with E-state index in [1.165, 1.54) is 0 Å². The average Bonchev–Trinajstić information content (AvgIpc) is 2.38. The van der Waals surface area contributed by atoms with Crippen LogP contribution in [-0.4, -0.2) is 20.6 Å². The van der Waals surface area contributed by atoms with Crippen LogP contribution in [0.3, 0.4) is 0 Å². The van der Waals surface area contributed by atoms with Gasteiger partial charge in [-0.2, -0.15) is 0 Å². The Hall–Kier alpha value is -2.35. The van der Waals surface area contributed by atoms with E-state index in [4.69, 9.17) is 0 Å². The minimum absolute atomic E-state index is 0.199. The lowest BCUT2D eigenvalue weighted by Gasteiger charge is -2.08. The number of rotatable bonds is 3. The smallest absolute Gasteiger partial charge is 0.255 e. The van der Waals surface area contributed by atoms with Crippen LogP contribution in [0.5, 0.6) is 0 Å². The maximum atomic E-state index is 13.6. The summed E-state index contributed by atoms with van der Waals surface area (Å²) in [6.07, 6.45) is 0.924. The lowest BCUT2D eigenvalue weighted by Crippen LogP contribution is -2.14. The molecular formula is C14H10F3NO3S. The van der Waals surface area contributed by atoms with Gasteiger partial charge in [0.2, 0.25) is 0 Å². The number of hydrogen-bond donors (Lipinski definition) is 1. The Balaban J connectivity index is 2.36. The Bertz CT molecular complexity index is 830. The number of amides is 1. The highest BCUT2D eigenvalue weighted by molar-refractivity contribution is 7.90. The molecule has 0 atom stereocenters. The van der Waals surface area contributed by atoms with Gasteiger partial charge < -0.3 is 5.32 Å². The summed E-state index contributed by atoms with van der Waals surface area (Å²) in [7, 11) is -3.59. The van der Waals surface area contributed by atoms with Crippen LogP contribution in [0.4, 0.5) is 18.9 Å².